The standard InChI is InChI=1S/C17H21N3O/c1-12-6-8-14(9-7-12)15-11-16(19-18-15)17(21)20-10-4-3-5-13(20)2/h6-9,11,13H,3-5,10H2,1-2H3,(H,18,19)/t13-/m1/s1. The number of carbonyl (C=O) groups excluding carboxylic acids is 1. The summed E-state index contributed by atoms with van der Waals surface area (Å²) >= 11 is 0. The van der Waals surface area contributed by atoms with Gasteiger partial charge < -0.3 is 4.90 Å². The first-order chi connectivity index (χ1) is 10.1. The third-order valence-electron chi connectivity index (χ3n) is 4.22. The minimum Gasteiger partial charge on any atom is -0.335 e. The number of hydrogen-bond donors (Lipinski definition) is 1. The molecule has 0 radical (unpaired) electrons. The molecule has 110 valence electrons. The smallest absolute Gasteiger partial charge is 0.272 e. The zero-order valence-corrected chi connectivity index (χ0v) is 12.6. The molecule has 4 heteroatoms. The molecule has 0 spiro atoms. The number of aryl methyl sites for hydroxylation is 1. The molecule has 1 aromatic carbocycles. The number of piperidine rings is 1. The molecule has 3 rings (SSSR count). The normalized spacial score (nSPS) is 18.8. The summed E-state index contributed by atoms with van der Waals surface area (Å²) in [4.78, 5) is 14.5. The van der Waals surface area contributed by atoms with Crippen LogP contribution in [0.15, 0.2) is 30.3 Å². The maximum atomic E-state index is 12.6. The van der Waals surface area contributed by atoms with Gasteiger partial charge in [0, 0.05) is 18.2 Å². The van der Waals surface area contributed by atoms with Crippen molar-refractivity contribution >= 4 is 5.91 Å². The van der Waals surface area contributed by atoms with Crippen molar-refractivity contribution in [2.75, 3.05) is 6.54 Å². The molecule has 1 fully saturated rings. The zero-order chi connectivity index (χ0) is 14.8. The lowest BCUT2D eigenvalue weighted by atomic mass is 10.0. The Morgan fingerprint density at radius 3 is 2.76 bits per heavy atom. The summed E-state index contributed by atoms with van der Waals surface area (Å²) in [6.07, 6.45) is 3.39. The number of nitrogens with one attached hydrogen (secondary N) is 1. The summed E-state index contributed by atoms with van der Waals surface area (Å²) in [5.41, 5.74) is 3.65. The van der Waals surface area contributed by atoms with Gasteiger partial charge in [-0.3, -0.25) is 9.89 Å². The lowest BCUT2D eigenvalue weighted by Crippen LogP contribution is -2.42. The van der Waals surface area contributed by atoms with Crippen molar-refractivity contribution in [3.63, 3.8) is 0 Å². The van der Waals surface area contributed by atoms with E-state index in [2.05, 4.69) is 36.2 Å². The largest absolute Gasteiger partial charge is 0.335 e. The molecule has 1 N–H and O–H groups in total. The third kappa shape index (κ3) is 2.84. The number of likely N-dealkylation sites (tertiary alicyclic amines) is 1. The summed E-state index contributed by atoms with van der Waals surface area (Å²) in [7, 11) is 0. The van der Waals surface area contributed by atoms with Crippen LogP contribution < -0.4 is 0 Å². The Kier molecular flexibility index (Phi) is 3.78. The maximum absolute atomic E-state index is 12.6. The predicted octanol–water partition coefficient (Wildman–Crippen LogP) is 3.40. The number of H-pyrrole nitrogens is 1. The van der Waals surface area contributed by atoms with E-state index < -0.39 is 0 Å². The average Bonchev–Trinajstić information content (AvgIpc) is 2.98. The van der Waals surface area contributed by atoms with Gasteiger partial charge in [0.05, 0.1) is 5.69 Å². The van der Waals surface area contributed by atoms with E-state index in [1.807, 2.05) is 23.1 Å². The number of carbonyl (C=O) groups is 1. The molecule has 21 heavy (non-hydrogen) atoms. The highest BCUT2D eigenvalue weighted by Crippen LogP contribution is 2.22. The Bertz CT molecular complexity index is 630. The first-order valence-corrected chi connectivity index (χ1v) is 7.58. The fraction of sp³-hybridized carbons (Fsp3) is 0.412. The van der Waals surface area contributed by atoms with Crippen molar-refractivity contribution in [2.24, 2.45) is 0 Å². The maximum Gasteiger partial charge on any atom is 0.272 e. The summed E-state index contributed by atoms with van der Waals surface area (Å²) in [6.45, 7) is 5.02. The highest BCUT2D eigenvalue weighted by molar-refractivity contribution is 5.93. The van der Waals surface area contributed by atoms with Gasteiger partial charge in [-0.1, -0.05) is 29.8 Å². The van der Waals surface area contributed by atoms with Crippen molar-refractivity contribution in [3.8, 4) is 11.3 Å². The van der Waals surface area contributed by atoms with Crippen LogP contribution in [-0.2, 0) is 0 Å². The van der Waals surface area contributed by atoms with Crippen molar-refractivity contribution in [3.05, 3.63) is 41.6 Å². The molecule has 0 aliphatic carbocycles. The van der Waals surface area contributed by atoms with Crippen LogP contribution >= 0.6 is 0 Å². The molecular formula is C17H21N3O. The van der Waals surface area contributed by atoms with Gasteiger partial charge >= 0.3 is 0 Å². The van der Waals surface area contributed by atoms with Gasteiger partial charge in [0.2, 0.25) is 0 Å². The van der Waals surface area contributed by atoms with Crippen LogP contribution in [0.4, 0.5) is 0 Å². The van der Waals surface area contributed by atoms with E-state index in [0.29, 0.717) is 11.7 Å². The van der Waals surface area contributed by atoms with Gasteiger partial charge in [-0.25, -0.2) is 0 Å². The Hall–Kier alpha value is -2.10. The molecule has 0 unspecified atom stereocenters. The molecule has 2 heterocycles. The summed E-state index contributed by atoms with van der Waals surface area (Å²) in [5, 5.41) is 7.18. The van der Waals surface area contributed by atoms with Crippen LogP contribution in [-0.4, -0.2) is 33.6 Å². The second kappa shape index (κ2) is 5.72. The van der Waals surface area contributed by atoms with Crippen molar-refractivity contribution in [2.45, 2.75) is 39.2 Å². The second-order valence-electron chi connectivity index (χ2n) is 5.88. The SMILES string of the molecule is Cc1ccc(-c2cc(C(=O)N3CCCC[C@H]3C)[nH]n2)cc1. The van der Waals surface area contributed by atoms with Crippen molar-refractivity contribution < 1.29 is 4.79 Å². The second-order valence-corrected chi connectivity index (χ2v) is 5.88. The Morgan fingerprint density at radius 2 is 2.05 bits per heavy atom. The van der Waals surface area contributed by atoms with Gasteiger partial charge in [0.25, 0.3) is 5.91 Å². The van der Waals surface area contributed by atoms with Gasteiger partial charge in [-0.05, 0) is 39.2 Å². The third-order valence-corrected chi connectivity index (χ3v) is 4.22. The summed E-state index contributed by atoms with van der Waals surface area (Å²) in [6, 6.07) is 10.3. The number of aromatic nitrogens is 2. The minimum atomic E-state index is 0.0630. The van der Waals surface area contributed by atoms with Crippen LogP contribution in [0.25, 0.3) is 11.3 Å². The number of nitrogens with zero attached hydrogens (tertiary/aromatic N) is 2. The number of aromatic amines is 1. The van der Waals surface area contributed by atoms with Gasteiger partial charge in [-0.15, -0.1) is 0 Å². The molecule has 0 bridgehead atoms. The van der Waals surface area contributed by atoms with E-state index in [9.17, 15) is 4.79 Å². The lowest BCUT2D eigenvalue weighted by molar-refractivity contribution is 0.0629. The van der Waals surface area contributed by atoms with E-state index in [1.54, 1.807) is 0 Å². The highest BCUT2D eigenvalue weighted by Gasteiger charge is 2.25. The quantitative estimate of drug-likeness (QED) is 0.918. The lowest BCUT2D eigenvalue weighted by Gasteiger charge is -2.32. The minimum absolute atomic E-state index is 0.0630. The van der Waals surface area contributed by atoms with Gasteiger partial charge in [0.15, 0.2) is 0 Å². The van der Waals surface area contributed by atoms with Crippen molar-refractivity contribution in [1.29, 1.82) is 0 Å². The number of hydrogen-bond acceptors (Lipinski definition) is 2. The van der Waals surface area contributed by atoms with Gasteiger partial charge in [-0.2, -0.15) is 5.10 Å². The average molecular weight is 283 g/mol. The molecule has 1 amide bonds. The Balaban J connectivity index is 1.81. The molecule has 1 aliphatic rings. The predicted molar refractivity (Wildman–Crippen MR) is 83.1 cm³/mol. The number of amides is 1. The molecule has 1 aliphatic heterocycles. The summed E-state index contributed by atoms with van der Waals surface area (Å²) < 4.78 is 0. The fourth-order valence-corrected chi connectivity index (χ4v) is 2.86. The first-order valence-electron chi connectivity index (χ1n) is 7.58. The Labute approximate surface area is 125 Å². The molecular weight excluding hydrogens is 262 g/mol. The molecule has 1 aromatic heterocycles. The Morgan fingerprint density at radius 1 is 1.29 bits per heavy atom. The zero-order valence-electron chi connectivity index (χ0n) is 12.6. The summed E-state index contributed by atoms with van der Waals surface area (Å²) in [5.74, 6) is 0.0630. The van der Waals surface area contributed by atoms with E-state index in [-0.39, 0.29) is 5.91 Å². The monoisotopic (exact) mass is 283 g/mol. The van der Waals surface area contributed by atoms with E-state index in [4.69, 9.17) is 0 Å². The van der Waals surface area contributed by atoms with E-state index in [0.717, 1.165) is 30.6 Å². The van der Waals surface area contributed by atoms with Crippen molar-refractivity contribution in [1.82, 2.24) is 15.1 Å². The van der Waals surface area contributed by atoms with E-state index in [1.165, 1.54) is 12.0 Å². The highest BCUT2D eigenvalue weighted by atomic mass is 16.2. The molecule has 1 saturated heterocycles. The fourth-order valence-electron chi connectivity index (χ4n) is 2.86. The molecule has 1 atom stereocenters. The molecule has 4 nitrogen and oxygen atoms in total. The van der Waals surface area contributed by atoms with Crippen LogP contribution in [0.1, 0.15) is 42.2 Å². The topological polar surface area (TPSA) is 49.0 Å². The number of benzene rings is 1. The van der Waals surface area contributed by atoms with Crippen LogP contribution in [0.2, 0.25) is 0 Å². The van der Waals surface area contributed by atoms with E-state index >= 15 is 0 Å². The number of rotatable bonds is 2. The first kappa shape index (κ1) is 13.9. The van der Waals surface area contributed by atoms with Crippen LogP contribution in [0.5, 0.6) is 0 Å². The molecule has 2 aromatic rings. The van der Waals surface area contributed by atoms with Gasteiger partial charge in [0.1, 0.15) is 5.69 Å². The van der Waals surface area contributed by atoms with Crippen LogP contribution in [0.3, 0.4) is 0 Å². The van der Waals surface area contributed by atoms with Crippen LogP contribution in [0, 0.1) is 6.92 Å². The molecule has 0 saturated carbocycles.